The molecular formula is C42H33N. The maximum atomic E-state index is 8.64. The molecule has 1 aromatic heterocycles. The predicted octanol–water partition coefficient (Wildman–Crippen LogP) is 11.7. The molecule has 0 N–H and O–H groups in total. The van der Waals surface area contributed by atoms with E-state index in [-0.39, 0.29) is 5.41 Å². The maximum Gasteiger partial charge on any atom is 0.0623 e. The molecule has 0 saturated heterocycles. The fraction of sp³-hybridized carbons (Fsp3) is 0.0952. The largest absolute Gasteiger partial charge is 0.309 e. The van der Waals surface area contributed by atoms with Gasteiger partial charge in [0.1, 0.15) is 0 Å². The van der Waals surface area contributed by atoms with Crippen molar-refractivity contribution in [2.75, 3.05) is 0 Å². The van der Waals surface area contributed by atoms with Gasteiger partial charge in [0.25, 0.3) is 0 Å². The van der Waals surface area contributed by atoms with Gasteiger partial charge in [0.05, 0.1) is 13.8 Å². The Kier molecular flexibility index (Phi) is 5.29. The summed E-state index contributed by atoms with van der Waals surface area (Å²) in [5, 5.41) is 6.71. The van der Waals surface area contributed by atoms with E-state index in [0.717, 1.165) is 55.0 Å². The van der Waals surface area contributed by atoms with Gasteiger partial charge in [0.15, 0.2) is 0 Å². The molecular weight excluding hydrogens is 518 g/mol. The summed E-state index contributed by atoms with van der Waals surface area (Å²) in [5.41, 5.74) is 9.23. The molecule has 1 heterocycles. The molecule has 0 saturated carbocycles. The Morgan fingerprint density at radius 3 is 1.63 bits per heavy atom. The predicted molar refractivity (Wildman–Crippen MR) is 185 cm³/mol. The van der Waals surface area contributed by atoms with Crippen molar-refractivity contribution in [1.82, 2.24) is 4.57 Å². The Hall–Kier alpha value is -5.14. The molecule has 8 aromatic rings. The van der Waals surface area contributed by atoms with Gasteiger partial charge in [-0.15, -0.1) is 0 Å². The average molecular weight is 554 g/mol. The Morgan fingerprint density at radius 1 is 0.465 bits per heavy atom. The summed E-state index contributed by atoms with van der Waals surface area (Å²) in [6, 6.07) is 47.6. The van der Waals surface area contributed by atoms with E-state index in [9.17, 15) is 0 Å². The van der Waals surface area contributed by atoms with Crippen molar-refractivity contribution in [3.8, 4) is 27.9 Å². The van der Waals surface area contributed by atoms with Crippen LogP contribution in [0.2, 0.25) is 0 Å². The number of hydrogen-bond donors (Lipinski definition) is 0. The van der Waals surface area contributed by atoms with Crippen molar-refractivity contribution in [2.45, 2.75) is 26.2 Å². The second-order valence-corrected chi connectivity index (χ2v) is 12.4. The Balaban J connectivity index is 1.51. The topological polar surface area (TPSA) is 4.93 Å². The smallest absolute Gasteiger partial charge is 0.0623 e. The van der Waals surface area contributed by atoms with Crippen LogP contribution in [0.4, 0.5) is 0 Å². The molecule has 1 heteroatoms. The van der Waals surface area contributed by atoms with E-state index in [4.69, 9.17) is 2.74 Å². The van der Waals surface area contributed by atoms with Crippen LogP contribution in [0.25, 0.3) is 71.3 Å². The van der Waals surface area contributed by atoms with Gasteiger partial charge < -0.3 is 4.57 Å². The van der Waals surface area contributed by atoms with Crippen LogP contribution >= 0.6 is 0 Å². The number of para-hydroxylation sites is 1. The SMILES string of the molecule is [2H]c1ccc2c(-c3ccc4c(c3)c3cc(C(C)(C)C)ccc3n4-c3ccccc3)c3cc([2H])ccc3c(-c3ccccc3)c2c1. The molecule has 0 aliphatic rings. The third-order valence-corrected chi connectivity index (χ3v) is 8.80. The number of nitrogens with zero attached hydrogens (tertiary/aromatic N) is 1. The summed E-state index contributed by atoms with van der Waals surface area (Å²) in [5.74, 6) is 0. The summed E-state index contributed by atoms with van der Waals surface area (Å²) >= 11 is 0. The third kappa shape index (κ3) is 4.07. The summed E-state index contributed by atoms with van der Waals surface area (Å²) < 4.78 is 19.6. The molecule has 1 nitrogen and oxygen atoms in total. The minimum atomic E-state index is 0.0190. The van der Waals surface area contributed by atoms with Gasteiger partial charge >= 0.3 is 0 Å². The monoisotopic (exact) mass is 553 g/mol. The Morgan fingerprint density at radius 2 is 1.00 bits per heavy atom. The number of benzene rings is 7. The van der Waals surface area contributed by atoms with E-state index in [0.29, 0.717) is 12.1 Å². The number of hydrogen-bond acceptors (Lipinski definition) is 0. The van der Waals surface area contributed by atoms with Crippen molar-refractivity contribution in [2.24, 2.45) is 0 Å². The molecule has 0 radical (unpaired) electrons. The maximum absolute atomic E-state index is 8.64. The third-order valence-electron chi connectivity index (χ3n) is 8.80. The zero-order valence-corrected chi connectivity index (χ0v) is 24.6. The normalized spacial score (nSPS) is 12.7. The average Bonchev–Trinajstić information content (AvgIpc) is 3.37. The van der Waals surface area contributed by atoms with Crippen molar-refractivity contribution >= 4 is 43.4 Å². The number of rotatable bonds is 3. The fourth-order valence-corrected chi connectivity index (χ4v) is 6.73. The molecule has 0 amide bonds. The van der Waals surface area contributed by atoms with Crippen molar-refractivity contribution in [1.29, 1.82) is 0 Å². The second-order valence-electron chi connectivity index (χ2n) is 12.4. The molecule has 0 unspecified atom stereocenters. The van der Waals surface area contributed by atoms with E-state index in [2.05, 4.69) is 128 Å². The van der Waals surface area contributed by atoms with E-state index < -0.39 is 0 Å². The molecule has 0 fully saturated rings. The summed E-state index contributed by atoms with van der Waals surface area (Å²) in [6.07, 6.45) is 0. The molecule has 8 rings (SSSR count). The molecule has 43 heavy (non-hydrogen) atoms. The molecule has 0 spiro atoms. The van der Waals surface area contributed by atoms with Crippen LogP contribution in [0.5, 0.6) is 0 Å². The van der Waals surface area contributed by atoms with Crippen LogP contribution in [0.3, 0.4) is 0 Å². The summed E-state index contributed by atoms with van der Waals surface area (Å²) in [6.45, 7) is 6.80. The highest BCUT2D eigenvalue weighted by atomic mass is 15.0. The van der Waals surface area contributed by atoms with E-state index in [1.807, 2.05) is 30.3 Å². The van der Waals surface area contributed by atoms with Crippen LogP contribution in [-0.4, -0.2) is 4.57 Å². The molecule has 0 aliphatic heterocycles. The molecule has 0 bridgehead atoms. The number of aromatic nitrogens is 1. The quantitative estimate of drug-likeness (QED) is 0.192. The van der Waals surface area contributed by atoms with Crippen molar-refractivity contribution in [3.63, 3.8) is 0 Å². The Labute approximate surface area is 255 Å². The highest BCUT2D eigenvalue weighted by Crippen LogP contribution is 2.45. The van der Waals surface area contributed by atoms with E-state index >= 15 is 0 Å². The minimum absolute atomic E-state index is 0.0190. The zero-order valence-electron chi connectivity index (χ0n) is 26.6. The van der Waals surface area contributed by atoms with Gasteiger partial charge in [-0.3, -0.25) is 0 Å². The highest BCUT2D eigenvalue weighted by molar-refractivity contribution is 6.22. The van der Waals surface area contributed by atoms with Crippen LogP contribution in [0.15, 0.2) is 146 Å². The minimum Gasteiger partial charge on any atom is -0.309 e. The lowest BCUT2D eigenvalue weighted by Crippen LogP contribution is -2.10. The van der Waals surface area contributed by atoms with Gasteiger partial charge in [-0.2, -0.15) is 0 Å². The van der Waals surface area contributed by atoms with Gasteiger partial charge in [-0.1, -0.05) is 130 Å². The first kappa shape index (κ1) is 23.4. The van der Waals surface area contributed by atoms with Gasteiger partial charge in [-0.05, 0) is 91.2 Å². The van der Waals surface area contributed by atoms with Crippen LogP contribution < -0.4 is 0 Å². The fourth-order valence-electron chi connectivity index (χ4n) is 6.73. The number of fused-ring (bicyclic) bond motifs is 5. The van der Waals surface area contributed by atoms with E-state index in [1.54, 1.807) is 0 Å². The van der Waals surface area contributed by atoms with E-state index in [1.165, 1.54) is 21.9 Å². The van der Waals surface area contributed by atoms with Gasteiger partial charge in [-0.25, -0.2) is 0 Å². The first-order valence-corrected chi connectivity index (χ1v) is 14.9. The van der Waals surface area contributed by atoms with Crippen LogP contribution in [-0.2, 0) is 5.41 Å². The standard InChI is InChI=1S/C42H33N/c1-42(2,3)30-23-25-39-37(27-30)36-26-29(22-24-38(36)43(39)31-16-8-5-9-17-31)41-34-20-12-10-18-32(34)40(28-14-6-4-7-15-28)33-19-11-13-21-35(33)41/h4-27H,1-3H3/i10D,13D. The lowest BCUT2D eigenvalue weighted by Gasteiger charge is -2.19. The Bertz CT molecular complexity index is 2410. The van der Waals surface area contributed by atoms with Crippen molar-refractivity contribution in [3.05, 3.63) is 151 Å². The zero-order chi connectivity index (χ0) is 30.9. The van der Waals surface area contributed by atoms with Crippen LogP contribution in [0, 0.1) is 0 Å². The molecule has 0 aliphatic carbocycles. The molecule has 206 valence electrons. The molecule has 0 atom stereocenters. The summed E-state index contributed by atoms with van der Waals surface area (Å²) in [4.78, 5) is 0. The highest BCUT2D eigenvalue weighted by Gasteiger charge is 2.20. The van der Waals surface area contributed by atoms with Crippen molar-refractivity contribution < 1.29 is 2.74 Å². The lowest BCUT2D eigenvalue weighted by atomic mass is 9.85. The first-order valence-electron chi connectivity index (χ1n) is 15.9. The summed E-state index contributed by atoms with van der Waals surface area (Å²) in [7, 11) is 0. The lowest BCUT2D eigenvalue weighted by molar-refractivity contribution is 0.591. The van der Waals surface area contributed by atoms with Gasteiger partial charge in [0.2, 0.25) is 0 Å². The first-order chi connectivity index (χ1) is 21.8. The van der Waals surface area contributed by atoms with Gasteiger partial charge in [0, 0.05) is 16.5 Å². The van der Waals surface area contributed by atoms with Crippen LogP contribution in [0.1, 0.15) is 29.1 Å². The second kappa shape index (κ2) is 9.71. The molecule has 7 aromatic carbocycles.